The molecule has 2 aliphatic heterocycles. The number of likely N-dealkylation sites (tertiary alicyclic amines) is 1. The van der Waals surface area contributed by atoms with Gasteiger partial charge in [-0.1, -0.05) is 54.9 Å². The first-order valence-corrected chi connectivity index (χ1v) is 26.3. The van der Waals surface area contributed by atoms with Crippen LogP contribution in [0.3, 0.4) is 0 Å². The fraction of sp³-hybridized carbons (Fsp3) is 0.700. The van der Waals surface area contributed by atoms with Crippen LogP contribution in [0, 0.1) is 23.7 Å². The number of hydrogen-bond donors (Lipinski definition) is 3. The largest absolute Gasteiger partial charge is 0.379 e. The number of imide groups is 1. The second-order valence-corrected chi connectivity index (χ2v) is 20.9. The van der Waals surface area contributed by atoms with Gasteiger partial charge in [0, 0.05) is 45.7 Å². The van der Waals surface area contributed by atoms with E-state index in [1.165, 1.54) is 50.6 Å². The molecule has 2 aliphatic rings. The average Bonchev–Trinajstić information content (AvgIpc) is 3.94. The molecule has 0 spiro atoms. The number of carbonyl (C=O) groups excluding carboxylic acids is 7. The van der Waals surface area contributed by atoms with E-state index in [-0.39, 0.29) is 117 Å². The predicted octanol–water partition coefficient (Wildman–Crippen LogP) is 2.44. The maximum absolute atomic E-state index is 14.3. The van der Waals surface area contributed by atoms with E-state index in [1.807, 2.05) is 60.5 Å². The van der Waals surface area contributed by atoms with Gasteiger partial charge in [0.15, 0.2) is 0 Å². The number of anilines is 1. The van der Waals surface area contributed by atoms with Gasteiger partial charge in [-0.2, -0.15) is 0 Å². The first-order chi connectivity index (χ1) is 34.0. The molecule has 0 saturated carbocycles. The van der Waals surface area contributed by atoms with Gasteiger partial charge < -0.3 is 44.1 Å². The van der Waals surface area contributed by atoms with E-state index in [4.69, 9.17) is 23.7 Å². The van der Waals surface area contributed by atoms with Gasteiger partial charge in [0.2, 0.25) is 29.5 Å². The molecule has 1 saturated heterocycles. The van der Waals surface area contributed by atoms with E-state index in [2.05, 4.69) is 15.4 Å². The van der Waals surface area contributed by atoms with Crippen molar-refractivity contribution in [2.75, 3.05) is 93.4 Å². The molecule has 72 heavy (non-hydrogen) atoms. The van der Waals surface area contributed by atoms with Gasteiger partial charge in [-0.15, -0.1) is 0 Å². The molecule has 3 rings (SSSR count). The van der Waals surface area contributed by atoms with Crippen LogP contribution in [0.1, 0.15) is 80.6 Å². The van der Waals surface area contributed by atoms with Crippen LogP contribution >= 0.6 is 0 Å². The zero-order chi connectivity index (χ0) is 53.9. The normalized spacial score (nSPS) is 18.0. The van der Waals surface area contributed by atoms with E-state index < -0.39 is 58.2 Å². The average molecular weight is 1040 g/mol. The number of rotatable bonds is 32. The minimum atomic E-state index is -4.36. The Kier molecular flexibility index (Phi) is 25.4. The zero-order valence-electron chi connectivity index (χ0n) is 44.3. The molecule has 3 N–H and O–H groups in total. The van der Waals surface area contributed by atoms with Crippen molar-refractivity contribution in [1.29, 1.82) is 0 Å². The first-order valence-electron chi connectivity index (χ1n) is 24.8. The molecular formula is C50H81N7O14S. The topological polar surface area (TPSA) is 249 Å². The number of ether oxygens (including phenoxy) is 5. The van der Waals surface area contributed by atoms with Crippen LogP contribution in [-0.4, -0.2) is 194 Å². The maximum Gasteiger partial charge on any atom is 0.264 e. The van der Waals surface area contributed by atoms with E-state index in [0.717, 1.165) is 4.90 Å². The van der Waals surface area contributed by atoms with E-state index in [1.54, 1.807) is 23.8 Å². The number of methoxy groups -OCH3 is 2. The molecule has 406 valence electrons. The highest BCUT2D eigenvalue weighted by molar-refractivity contribution is 7.90. The minimum absolute atomic E-state index is 0.00183. The van der Waals surface area contributed by atoms with Gasteiger partial charge in [0.05, 0.1) is 100 Å². The predicted molar refractivity (Wildman–Crippen MR) is 269 cm³/mol. The summed E-state index contributed by atoms with van der Waals surface area (Å²) >= 11 is 0. The zero-order valence-corrected chi connectivity index (χ0v) is 45.2. The highest BCUT2D eigenvalue weighted by Crippen LogP contribution is 2.30. The second kappa shape index (κ2) is 29.8. The molecular weight excluding hydrogens is 955 g/mol. The summed E-state index contributed by atoms with van der Waals surface area (Å²) in [7, 11) is 3.89. The monoisotopic (exact) mass is 1040 g/mol. The highest BCUT2D eigenvalue weighted by atomic mass is 32.2. The Morgan fingerprint density at radius 3 is 1.90 bits per heavy atom. The highest BCUT2D eigenvalue weighted by Gasteiger charge is 2.43. The lowest BCUT2D eigenvalue weighted by molar-refractivity contribution is -0.148. The van der Waals surface area contributed by atoms with Crippen molar-refractivity contribution < 1.29 is 65.7 Å². The summed E-state index contributed by atoms with van der Waals surface area (Å²) in [6.07, 6.45) is 2.54. The third-order valence-electron chi connectivity index (χ3n) is 13.2. The third kappa shape index (κ3) is 17.7. The number of benzene rings is 1. The van der Waals surface area contributed by atoms with Crippen molar-refractivity contribution >= 4 is 57.1 Å². The molecule has 7 amide bonds. The Bertz CT molecular complexity index is 2080. The maximum atomic E-state index is 14.3. The standard InChI is InChI=1S/C50H81N7O14S/c1-13-34(6)46(55(10)50(64)44(32(2)3)52-49(63)45(33(4)5)54(8)9)39(67-11)31-43(61)56-23-14-15-38(56)47(68-12)35(7)48(62)53-72(65,66)37-18-16-36(17-19-37)51-40(58)22-25-69-27-29-71-30-28-70-26-24-57-41(59)20-21-42(57)60/h16-21,32-35,38-39,44-47H,13-15,22-31H2,1-12H3,(H,51,58)(H,52,63)(H,53,62)/t34-,35+,38-,39+,44-,45?,46?,47+/m0/s1. The molecule has 8 atom stereocenters. The van der Waals surface area contributed by atoms with Gasteiger partial charge in [-0.25, -0.2) is 13.1 Å². The molecule has 0 aliphatic carbocycles. The Balaban J connectivity index is 1.54. The molecule has 21 nitrogen and oxygen atoms in total. The fourth-order valence-corrected chi connectivity index (χ4v) is 10.2. The van der Waals surface area contributed by atoms with Crippen LogP contribution in [0.4, 0.5) is 5.69 Å². The second-order valence-electron chi connectivity index (χ2n) is 19.3. The van der Waals surface area contributed by atoms with Gasteiger partial charge in [0.25, 0.3) is 21.8 Å². The number of nitrogens with one attached hydrogen (secondary N) is 3. The van der Waals surface area contributed by atoms with Gasteiger partial charge in [0.1, 0.15) is 6.04 Å². The Morgan fingerprint density at radius 1 is 0.792 bits per heavy atom. The molecule has 0 aromatic heterocycles. The van der Waals surface area contributed by atoms with Crippen molar-refractivity contribution in [1.82, 2.24) is 29.6 Å². The van der Waals surface area contributed by atoms with Crippen LogP contribution in [0.15, 0.2) is 41.3 Å². The molecule has 1 aromatic rings. The summed E-state index contributed by atoms with van der Waals surface area (Å²) in [6, 6.07) is 2.94. The lowest BCUT2D eigenvalue weighted by atomic mass is 9.89. The smallest absolute Gasteiger partial charge is 0.264 e. The minimum Gasteiger partial charge on any atom is -0.379 e. The molecule has 2 heterocycles. The summed E-state index contributed by atoms with van der Waals surface area (Å²) < 4.78 is 57.1. The Hall–Kier alpha value is -4.84. The van der Waals surface area contributed by atoms with Crippen molar-refractivity contribution in [3.05, 3.63) is 36.4 Å². The van der Waals surface area contributed by atoms with E-state index >= 15 is 0 Å². The van der Waals surface area contributed by atoms with Crippen LogP contribution < -0.4 is 15.4 Å². The fourth-order valence-electron chi connectivity index (χ4n) is 9.15. The number of nitrogens with zero attached hydrogens (tertiary/aromatic N) is 4. The molecule has 0 radical (unpaired) electrons. The lowest BCUT2D eigenvalue weighted by Crippen LogP contribution is -2.59. The van der Waals surface area contributed by atoms with Gasteiger partial charge >= 0.3 is 0 Å². The quantitative estimate of drug-likeness (QED) is 0.0693. The van der Waals surface area contributed by atoms with Crippen molar-refractivity contribution in [3.63, 3.8) is 0 Å². The summed E-state index contributed by atoms with van der Waals surface area (Å²) in [4.78, 5) is 97.3. The summed E-state index contributed by atoms with van der Waals surface area (Å²) in [5.41, 5.74) is 0.329. The number of likely N-dealkylation sites (N-methyl/N-ethyl adjacent to an activating group) is 2. The molecule has 1 fully saturated rings. The molecule has 0 bridgehead atoms. The molecule has 1 aromatic carbocycles. The van der Waals surface area contributed by atoms with Crippen molar-refractivity contribution in [2.24, 2.45) is 23.7 Å². The molecule has 2 unspecified atom stereocenters. The van der Waals surface area contributed by atoms with Crippen molar-refractivity contribution in [3.8, 4) is 0 Å². The van der Waals surface area contributed by atoms with Crippen LogP contribution in [0.5, 0.6) is 0 Å². The van der Waals surface area contributed by atoms with Gasteiger partial charge in [-0.3, -0.25) is 43.4 Å². The van der Waals surface area contributed by atoms with Crippen LogP contribution in [-0.2, 0) is 67.3 Å². The molecule has 22 heteroatoms. The number of amides is 7. The number of sulfonamides is 1. The van der Waals surface area contributed by atoms with Crippen LogP contribution in [0.25, 0.3) is 0 Å². The van der Waals surface area contributed by atoms with E-state index in [9.17, 15) is 42.0 Å². The van der Waals surface area contributed by atoms with E-state index in [0.29, 0.717) is 31.5 Å². The summed E-state index contributed by atoms with van der Waals surface area (Å²) in [5, 5.41) is 5.69. The lowest BCUT2D eigenvalue weighted by Gasteiger charge is -2.41. The number of carbonyl (C=O) groups is 7. The Morgan fingerprint density at radius 2 is 1.38 bits per heavy atom. The third-order valence-corrected chi connectivity index (χ3v) is 14.6. The SMILES string of the molecule is CC[C@H](C)C([C@@H](CC(=O)N1CCC[C@H]1[C@H](OC)[C@@H](C)C(=O)NS(=O)(=O)c1ccc(NC(=O)CCOCCOCCOCCN2C(=O)C=CC2=O)cc1)OC)N(C)C(=O)[C@@H](NC(=O)C(C(C)C)N(C)C)C(C)C. The first kappa shape index (κ1) is 61.5. The summed E-state index contributed by atoms with van der Waals surface area (Å²) in [6.45, 7) is 15.0. The van der Waals surface area contributed by atoms with Crippen LogP contribution in [0.2, 0.25) is 0 Å². The number of hydrogen-bond acceptors (Lipinski definition) is 15. The Labute approximate surface area is 426 Å². The van der Waals surface area contributed by atoms with Crippen molar-refractivity contribution in [2.45, 2.75) is 122 Å². The summed E-state index contributed by atoms with van der Waals surface area (Å²) in [5.74, 6) is -4.09. The van der Waals surface area contributed by atoms with Gasteiger partial charge in [-0.05, 0) is 69.0 Å².